The molecule has 1 atom stereocenters. The molecule has 0 aliphatic heterocycles. The maximum Gasteiger partial charge on any atom is 0.310 e. The first-order valence-corrected chi connectivity index (χ1v) is 6.41. The lowest BCUT2D eigenvalue weighted by Crippen LogP contribution is -2.31. The van der Waals surface area contributed by atoms with Crippen molar-refractivity contribution in [3.8, 4) is 0 Å². The zero-order valence-electron chi connectivity index (χ0n) is 12.4. The number of fused-ring (bicyclic) bond motifs is 1. The Balaban J connectivity index is 2.38. The first-order chi connectivity index (χ1) is 9.45. The maximum atomic E-state index is 11.5. The average Bonchev–Trinajstić information content (AvgIpc) is 2.86. The van der Waals surface area contributed by atoms with Crippen LogP contribution in [0.15, 0.2) is 6.33 Å². The van der Waals surface area contributed by atoms with Gasteiger partial charge >= 0.3 is 5.97 Å². The number of carbonyl (C=O) groups excluding carboxylic acids is 1. The Bertz CT molecular complexity index is 637. The molecular weight excluding hydrogens is 258 g/mol. The van der Waals surface area contributed by atoms with E-state index in [0.29, 0.717) is 12.3 Å². The van der Waals surface area contributed by atoms with Crippen molar-refractivity contribution in [3.05, 3.63) is 17.6 Å². The Morgan fingerprint density at radius 3 is 2.85 bits per heavy atom. The lowest BCUT2D eigenvalue weighted by molar-refractivity contribution is -0.144. The van der Waals surface area contributed by atoms with Crippen molar-refractivity contribution in [2.75, 3.05) is 25.6 Å². The zero-order valence-corrected chi connectivity index (χ0v) is 12.4. The van der Waals surface area contributed by atoms with E-state index in [1.54, 1.807) is 4.52 Å². The highest BCUT2D eigenvalue weighted by Gasteiger charge is 2.20. The second kappa shape index (κ2) is 5.44. The summed E-state index contributed by atoms with van der Waals surface area (Å²) in [5.74, 6) is 0.994. The van der Waals surface area contributed by atoms with Crippen molar-refractivity contribution in [1.29, 1.82) is 0 Å². The molecule has 2 heterocycles. The van der Waals surface area contributed by atoms with Gasteiger partial charge in [-0.2, -0.15) is 14.6 Å². The van der Waals surface area contributed by atoms with Gasteiger partial charge in [0, 0.05) is 24.8 Å². The lowest BCUT2D eigenvalue weighted by atomic mass is 10.1. The second-order valence-electron chi connectivity index (χ2n) is 4.92. The predicted molar refractivity (Wildman–Crippen MR) is 74.7 cm³/mol. The van der Waals surface area contributed by atoms with Crippen molar-refractivity contribution in [2.24, 2.45) is 5.92 Å². The third kappa shape index (κ3) is 2.43. The summed E-state index contributed by atoms with van der Waals surface area (Å²) in [6, 6.07) is 0. The van der Waals surface area contributed by atoms with Gasteiger partial charge in [-0.05, 0) is 13.8 Å². The van der Waals surface area contributed by atoms with Crippen LogP contribution in [0.3, 0.4) is 0 Å². The molecule has 0 fully saturated rings. The number of nitrogens with zero attached hydrogens (tertiary/aromatic N) is 5. The largest absolute Gasteiger partial charge is 0.469 e. The number of esters is 1. The van der Waals surface area contributed by atoms with Gasteiger partial charge in [0.15, 0.2) is 0 Å². The Labute approximate surface area is 117 Å². The van der Waals surface area contributed by atoms with Crippen LogP contribution in [0.25, 0.3) is 5.78 Å². The quantitative estimate of drug-likeness (QED) is 0.776. The summed E-state index contributed by atoms with van der Waals surface area (Å²) in [7, 11) is 3.32. The Hall–Kier alpha value is -2.18. The highest BCUT2D eigenvalue weighted by molar-refractivity contribution is 5.72. The molecule has 0 amide bonds. The van der Waals surface area contributed by atoms with Crippen molar-refractivity contribution in [2.45, 2.75) is 20.8 Å². The van der Waals surface area contributed by atoms with Crippen LogP contribution in [0.5, 0.6) is 0 Å². The normalized spacial score (nSPS) is 12.4. The number of methoxy groups -OCH3 is 1. The molecule has 7 heteroatoms. The van der Waals surface area contributed by atoms with Crippen LogP contribution in [0.1, 0.15) is 18.2 Å². The summed E-state index contributed by atoms with van der Waals surface area (Å²) >= 11 is 0. The summed E-state index contributed by atoms with van der Waals surface area (Å²) in [5, 5.41) is 4.20. The number of rotatable bonds is 4. The van der Waals surface area contributed by atoms with Gasteiger partial charge in [0.05, 0.1) is 13.0 Å². The van der Waals surface area contributed by atoms with Gasteiger partial charge in [-0.25, -0.2) is 4.98 Å². The van der Waals surface area contributed by atoms with E-state index in [1.165, 1.54) is 13.4 Å². The molecule has 0 spiro atoms. The van der Waals surface area contributed by atoms with E-state index in [-0.39, 0.29) is 11.9 Å². The highest BCUT2D eigenvalue weighted by atomic mass is 16.5. The minimum atomic E-state index is -0.227. The fourth-order valence-electron chi connectivity index (χ4n) is 2.24. The number of ether oxygens (including phenoxy) is 1. The second-order valence-corrected chi connectivity index (χ2v) is 4.92. The summed E-state index contributed by atoms with van der Waals surface area (Å²) in [5.41, 5.74) is 1.92. The van der Waals surface area contributed by atoms with Crippen LogP contribution >= 0.6 is 0 Å². The number of carbonyl (C=O) groups is 1. The summed E-state index contributed by atoms with van der Waals surface area (Å²) in [4.78, 5) is 22.0. The molecule has 0 N–H and O–H groups in total. The molecule has 0 unspecified atom stereocenters. The summed E-state index contributed by atoms with van der Waals surface area (Å²) < 4.78 is 6.45. The topological polar surface area (TPSA) is 72.6 Å². The number of aromatic nitrogens is 4. The van der Waals surface area contributed by atoms with E-state index in [4.69, 9.17) is 4.74 Å². The van der Waals surface area contributed by atoms with Crippen molar-refractivity contribution in [3.63, 3.8) is 0 Å². The smallest absolute Gasteiger partial charge is 0.310 e. The van der Waals surface area contributed by atoms with Crippen molar-refractivity contribution >= 4 is 17.6 Å². The first kappa shape index (κ1) is 14.2. The molecule has 0 aromatic carbocycles. The van der Waals surface area contributed by atoms with E-state index in [2.05, 4.69) is 15.1 Å². The predicted octanol–water partition coefficient (Wildman–Crippen LogP) is 0.986. The monoisotopic (exact) mass is 277 g/mol. The van der Waals surface area contributed by atoms with E-state index >= 15 is 0 Å². The molecule has 2 rings (SSSR count). The Morgan fingerprint density at radius 2 is 2.20 bits per heavy atom. The van der Waals surface area contributed by atoms with Gasteiger partial charge in [0.2, 0.25) is 0 Å². The zero-order chi connectivity index (χ0) is 14.9. The Kier molecular flexibility index (Phi) is 3.87. The average molecular weight is 277 g/mol. The Morgan fingerprint density at radius 1 is 1.50 bits per heavy atom. The van der Waals surface area contributed by atoms with Gasteiger partial charge < -0.3 is 9.64 Å². The summed E-state index contributed by atoms with van der Waals surface area (Å²) in [6.07, 6.45) is 1.47. The number of hydrogen-bond acceptors (Lipinski definition) is 6. The van der Waals surface area contributed by atoms with E-state index < -0.39 is 0 Å². The minimum absolute atomic E-state index is 0.226. The van der Waals surface area contributed by atoms with Crippen molar-refractivity contribution < 1.29 is 9.53 Å². The molecular formula is C13H19N5O2. The molecule has 0 aliphatic carbocycles. The molecule has 0 bridgehead atoms. The highest BCUT2D eigenvalue weighted by Crippen LogP contribution is 2.22. The third-order valence-electron chi connectivity index (χ3n) is 3.39. The van der Waals surface area contributed by atoms with Gasteiger partial charge in [0.25, 0.3) is 5.78 Å². The molecule has 7 nitrogen and oxygen atoms in total. The molecule has 20 heavy (non-hydrogen) atoms. The molecule has 0 saturated heterocycles. The molecule has 0 radical (unpaired) electrons. The number of aryl methyl sites for hydroxylation is 1. The fourth-order valence-corrected chi connectivity index (χ4v) is 2.24. The van der Waals surface area contributed by atoms with Crippen LogP contribution in [-0.4, -0.2) is 46.3 Å². The van der Waals surface area contributed by atoms with Gasteiger partial charge in [-0.1, -0.05) is 6.92 Å². The summed E-state index contributed by atoms with van der Waals surface area (Å²) in [6.45, 7) is 6.29. The molecule has 2 aromatic rings. The van der Waals surface area contributed by atoms with Crippen LogP contribution in [0.4, 0.5) is 5.82 Å². The van der Waals surface area contributed by atoms with Crippen molar-refractivity contribution in [1.82, 2.24) is 19.6 Å². The van der Waals surface area contributed by atoms with Gasteiger partial charge in [-0.3, -0.25) is 4.79 Å². The fraction of sp³-hybridized carbons (Fsp3) is 0.538. The van der Waals surface area contributed by atoms with E-state index in [9.17, 15) is 4.79 Å². The number of anilines is 1. The van der Waals surface area contributed by atoms with Crippen LogP contribution < -0.4 is 4.90 Å². The first-order valence-electron chi connectivity index (χ1n) is 6.41. The minimum Gasteiger partial charge on any atom is -0.469 e. The molecule has 0 saturated carbocycles. The van der Waals surface area contributed by atoms with E-state index in [0.717, 1.165) is 17.1 Å². The molecule has 0 aliphatic rings. The molecule has 2 aromatic heterocycles. The molecule has 108 valence electrons. The van der Waals surface area contributed by atoms with Crippen LogP contribution in [0, 0.1) is 19.8 Å². The maximum absolute atomic E-state index is 11.5. The van der Waals surface area contributed by atoms with Crippen LogP contribution in [-0.2, 0) is 9.53 Å². The third-order valence-corrected chi connectivity index (χ3v) is 3.39. The lowest BCUT2D eigenvalue weighted by Gasteiger charge is -2.24. The SMILES string of the molecule is COC(=O)[C@H](C)CN(C)c1c(C)c(C)nc2ncnn12. The standard InChI is InChI=1S/C13H19N5O2/c1-8(12(19)20-5)6-17(4)11-9(2)10(3)16-13-14-7-15-18(11)13/h7-8H,6H2,1-5H3/t8-/m1/s1. The van der Waals surface area contributed by atoms with Gasteiger partial charge in [0.1, 0.15) is 12.1 Å². The number of hydrogen-bond donors (Lipinski definition) is 0. The van der Waals surface area contributed by atoms with E-state index in [1.807, 2.05) is 32.7 Å². The van der Waals surface area contributed by atoms with Crippen LogP contribution in [0.2, 0.25) is 0 Å². The van der Waals surface area contributed by atoms with Gasteiger partial charge in [-0.15, -0.1) is 0 Å².